The summed E-state index contributed by atoms with van der Waals surface area (Å²) in [5, 5.41) is 6.59. The summed E-state index contributed by atoms with van der Waals surface area (Å²) < 4.78 is 12.8. The first-order valence-electron chi connectivity index (χ1n) is 9.97. The molecule has 0 fully saturated rings. The minimum atomic E-state index is 0.575. The first kappa shape index (κ1) is 21.2. The Labute approximate surface area is 177 Å². The van der Waals surface area contributed by atoms with E-state index in [2.05, 4.69) is 49.4 Å². The molecule has 30 heavy (non-hydrogen) atoms. The van der Waals surface area contributed by atoms with Gasteiger partial charge in [-0.25, -0.2) is 4.98 Å². The Hall–Kier alpha value is -3.48. The quantitative estimate of drug-likeness (QED) is 0.418. The summed E-state index contributed by atoms with van der Waals surface area (Å²) in [5.74, 6) is 2.97. The number of rotatable bonds is 9. The molecule has 0 aliphatic carbocycles. The van der Waals surface area contributed by atoms with Crippen molar-refractivity contribution in [2.75, 3.05) is 26.6 Å². The van der Waals surface area contributed by atoms with Crippen LogP contribution in [-0.2, 0) is 19.5 Å². The van der Waals surface area contributed by atoms with Gasteiger partial charge in [-0.1, -0.05) is 30.3 Å². The van der Waals surface area contributed by atoms with Gasteiger partial charge in [0.15, 0.2) is 17.5 Å². The van der Waals surface area contributed by atoms with Crippen molar-refractivity contribution in [1.82, 2.24) is 14.9 Å². The van der Waals surface area contributed by atoms with Crippen molar-refractivity contribution >= 4 is 11.6 Å². The first-order valence-corrected chi connectivity index (χ1v) is 9.97. The van der Waals surface area contributed by atoms with E-state index in [0.29, 0.717) is 24.0 Å². The highest BCUT2D eigenvalue weighted by molar-refractivity contribution is 5.93. The fourth-order valence-electron chi connectivity index (χ4n) is 3.20. The smallest absolute Gasteiger partial charge is 0.195 e. The summed E-state index contributed by atoms with van der Waals surface area (Å²) >= 11 is 0. The number of anilines is 1. The van der Waals surface area contributed by atoms with Gasteiger partial charge in [0.2, 0.25) is 0 Å². The van der Waals surface area contributed by atoms with Gasteiger partial charge in [0, 0.05) is 37.7 Å². The molecule has 1 aromatic heterocycles. The summed E-state index contributed by atoms with van der Waals surface area (Å²) in [5.41, 5.74) is 2.21. The molecule has 7 nitrogen and oxygen atoms in total. The third kappa shape index (κ3) is 5.76. The number of aliphatic imine (C=N–C) groups is 1. The molecule has 0 atom stereocenters. The molecule has 0 aliphatic rings. The molecule has 158 valence electrons. The van der Waals surface area contributed by atoms with Gasteiger partial charge in [0.25, 0.3) is 0 Å². The third-order valence-electron chi connectivity index (χ3n) is 4.79. The Kier molecular flexibility index (Phi) is 7.71. The zero-order valence-electron chi connectivity index (χ0n) is 17.8. The lowest BCUT2D eigenvalue weighted by atomic mass is 10.1. The molecule has 0 bridgehead atoms. The number of nitrogens with one attached hydrogen (secondary N) is 2. The largest absolute Gasteiger partial charge is 0.493 e. The van der Waals surface area contributed by atoms with E-state index in [1.807, 2.05) is 36.7 Å². The van der Waals surface area contributed by atoms with Gasteiger partial charge in [-0.05, 0) is 30.5 Å². The number of hydrogen-bond acceptors (Lipinski definition) is 4. The van der Waals surface area contributed by atoms with Gasteiger partial charge in [-0.2, -0.15) is 0 Å². The number of guanidine groups is 1. The number of methoxy groups -OCH3 is 2. The molecular weight excluding hydrogens is 378 g/mol. The molecular formula is C23H29N5O2. The normalized spacial score (nSPS) is 11.2. The molecule has 0 saturated heterocycles. The fraction of sp³-hybridized carbons (Fsp3) is 0.304. The van der Waals surface area contributed by atoms with Crippen LogP contribution in [0.25, 0.3) is 0 Å². The van der Waals surface area contributed by atoms with Crippen LogP contribution in [0.2, 0.25) is 0 Å². The van der Waals surface area contributed by atoms with Crippen LogP contribution >= 0.6 is 0 Å². The standard InChI is InChI=1S/C23H29N5O2/c1-24-23(27-19-11-12-20(29-2)21(16-19)30-3)26-17-22-25-13-15-28(22)14-7-10-18-8-5-4-6-9-18/h4-6,8-9,11-13,15-16H,7,10,14,17H2,1-3H3,(H2,24,26,27). The Balaban J connectivity index is 1.54. The first-order chi connectivity index (χ1) is 14.7. The molecule has 0 spiro atoms. The summed E-state index contributed by atoms with van der Waals surface area (Å²) in [4.78, 5) is 8.78. The van der Waals surface area contributed by atoms with Gasteiger partial charge in [0.1, 0.15) is 5.82 Å². The molecule has 0 amide bonds. The van der Waals surface area contributed by atoms with Crippen molar-refractivity contribution < 1.29 is 9.47 Å². The minimum absolute atomic E-state index is 0.575. The van der Waals surface area contributed by atoms with E-state index in [4.69, 9.17) is 9.47 Å². The van der Waals surface area contributed by atoms with Crippen molar-refractivity contribution in [3.63, 3.8) is 0 Å². The lowest BCUT2D eigenvalue weighted by Crippen LogP contribution is -2.31. The fourth-order valence-corrected chi connectivity index (χ4v) is 3.20. The number of nitrogens with zero attached hydrogens (tertiary/aromatic N) is 3. The predicted octanol–water partition coefficient (Wildman–Crippen LogP) is 3.72. The monoisotopic (exact) mass is 407 g/mol. The Morgan fingerprint density at radius 2 is 1.87 bits per heavy atom. The molecule has 0 radical (unpaired) electrons. The van der Waals surface area contributed by atoms with Crippen LogP contribution in [0.15, 0.2) is 65.9 Å². The maximum absolute atomic E-state index is 5.36. The summed E-state index contributed by atoms with van der Waals surface area (Å²) in [6, 6.07) is 16.2. The van der Waals surface area contributed by atoms with Gasteiger partial charge in [0.05, 0.1) is 20.8 Å². The van der Waals surface area contributed by atoms with Crippen LogP contribution in [0.4, 0.5) is 5.69 Å². The SMILES string of the molecule is CN=C(NCc1nccn1CCCc1ccccc1)Nc1ccc(OC)c(OC)c1. The molecule has 7 heteroatoms. The number of benzene rings is 2. The van der Waals surface area contributed by atoms with Crippen LogP contribution in [0.1, 0.15) is 17.8 Å². The molecule has 2 N–H and O–H groups in total. The van der Waals surface area contributed by atoms with E-state index in [9.17, 15) is 0 Å². The molecule has 0 unspecified atom stereocenters. The lowest BCUT2D eigenvalue weighted by Gasteiger charge is -2.14. The number of aryl methyl sites for hydroxylation is 2. The van der Waals surface area contributed by atoms with Crippen LogP contribution < -0.4 is 20.1 Å². The molecule has 0 saturated carbocycles. The number of hydrogen-bond donors (Lipinski definition) is 2. The molecule has 1 heterocycles. The van der Waals surface area contributed by atoms with Crippen molar-refractivity contribution in [2.24, 2.45) is 4.99 Å². The Morgan fingerprint density at radius 3 is 2.60 bits per heavy atom. The zero-order chi connectivity index (χ0) is 21.2. The Morgan fingerprint density at radius 1 is 1.07 bits per heavy atom. The lowest BCUT2D eigenvalue weighted by molar-refractivity contribution is 0.355. The average molecular weight is 408 g/mol. The van der Waals surface area contributed by atoms with Crippen molar-refractivity contribution in [3.8, 4) is 11.5 Å². The third-order valence-corrected chi connectivity index (χ3v) is 4.79. The second kappa shape index (κ2) is 10.9. The molecule has 2 aromatic carbocycles. The molecule has 0 aliphatic heterocycles. The van der Waals surface area contributed by atoms with Crippen LogP contribution in [0, 0.1) is 0 Å². The summed E-state index contributed by atoms with van der Waals surface area (Å²) in [6.45, 7) is 1.50. The highest BCUT2D eigenvalue weighted by Crippen LogP contribution is 2.29. The van der Waals surface area contributed by atoms with E-state index in [1.54, 1.807) is 21.3 Å². The van der Waals surface area contributed by atoms with Gasteiger partial charge < -0.3 is 24.7 Å². The van der Waals surface area contributed by atoms with E-state index >= 15 is 0 Å². The van der Waals surface area contributed by atoms with E-state index in [-0.39, 0.29) is 0 Å². The maximum Gasteiger partial charge on any atom is 0.195 e. The predicted molar refractivity (Wildman–Crippen MR) is 120 cm³/mol. The highest BCUT2D eigenvalue weighted by Gasteiger charge is 2.08. The van der Waals surface area contributed by atoms with Gasteiger partial charge >= 0.3 is 0 Å². The van der Waals surface area contributed by atoms with E-state index < -0.39 is 0 Å². The van der Waals surface area contributed by atoms with Crippen LogP contribution in [0.5, 0.6) is 11.5 Å². The Bertz CT molecular complexity index is 953. The van der Waals surface area contributed by atoms with Crippen molar-refractivity contribution in [3.05, 3.63) is 72.3 Å². The van der Waals surface area contributed by atoms with Gasteiger partial charge in [-0.15, -0.1) is 0 Å². The maximum atomic E-state index is 5.36. The van der Waals surface area contributed by atoms with Gasteiger partial charge in [-0.3, -0.25) is 4.99 Å². The van der Waals surface area contributed by atoms with E-state index in [1.165, 1.54) is 5.56 Å². The second-order valence-electron chi connectivity index (χ2n) is 6.75. The van der Waals surface area contributed by atoms with Crippen LogP contribution in [0.3, 0.4) is 0 Å². The van der Waals surface area contributed by atoms with Crippen molar-refractivity contribution in [2.45, 2.75) is 25.9 Å². The summed E-state index contributed by atoms with van der Waals surface area (Å²) in [6.07, 6.45) is 5.97. The number of imidazole rings is 1. The van der Waals surface area contributed by atoms with Crippen LogP contribution in [-0.4, -0.2) is 36.8 Å². The molecule has 3 aromatic rings. The van der Waals surface area contributed by atoms with E-state index in [0.717, 1.165) is 30.9 Å². The molecule has 3 rings (SSSR count). The minimum Gasteiger partial charge on any atom is -0.493 e. The zero-order valence-corrected chi connectivity index (χ0v) is 17.8. The highest BCUT2D eigenvalue weighted by atomic mass is 16.5. The average Bonchev–Trinajstić information content (AvgIpc) is 3.24. The number of aromatic nitrogens is 2. The number of ether oxygens (including phenoxy) is 2. The van der Waals surface area contributed by atoms with Crippen molar-refractivity contribution in [1.29, 1.82) is 0 Å². The summed E-state index contributed by atoms with van der Waals surface area (Å²) in [7, 11) is 4.97. The second-order valence-corrected chi connectivity index (χ2v) is 6.75. The topological polar surface area (TPSA) is 72.7 Å².